The van der Waals surface area contributed by atoms with Gasteiger partial charge in [0.1, 0.15) is 11.3 Å². The van der Waals surface area contributed by atoms with E-state index in [9.17, 15) is 4.79 Å². The Morgan fingerprint density at radius 2 is 1.77 bits per heavy atom. The van der Waals surface area contributed by atoms with Crippen LogP contribution in [0.2, 0.25) is 13.1 Å². The quantitative estimate of drug-likeness (QED) is 0.615. The molecule has 0 aliphatic rings. The fourth-order valence-corrected chi connectivity index (χ4v) is 2.98. The zero-order valence-electron chi connectivity index (χ0n) is 14.1. The van der Waals surface area contributed by atoms with E-state index in [1.807, 2.05) is 25.2 Å². The lowest BCUT2D eigenvalue weighted by molar-refractivity contribution is 0.0599. The molecule has 0 saturated heterocycles. The molecule has 3 nitrogen and oxygen atoms in total. The van der Waals surface area contributed by atoms with E-state index in [4.69, 9.17) is 9.16 Å². The summed E-state index contributed by atoms with van der Waals surface area (Å²) < 4.78 is 10.9. The molecule has 0 atom stereocenters. The zero-order valence-corrected chi connectivity index (χ0v) is 15.1. The topological polar surface area (TPSA) is 35.5 Å². The molecule has 0 spiro atoms. The predicted molar refractivity (Wildman–Crippen MR) is 92.1 cm³/mol. The van der Waals surface area contributed by atoms with Crippen molar-refractivity contribution in [2.45, 2.75) is 39.3 Å². The van der Waals surface area contributed by atoms with E-state index < -0.39 is 9.04 Å². The summed E-state index contributed by atoms with van der Waals surface area (Å²) in [5, 5.41) is 2.04. The Hall–Kier alpha value is -1.81. The van der Waals surface area contributed by atoms with Crippen LogP contribution in [0.15, 0.2) is 30.3 Å². The summed E-state index contributed by atoms with van der Waals surface area (Å²) in [6.07, 6.45) is 0. The minimum atomic E-state index is -0.986. The van der Waals surface area contributed by atoms with Gasteiger partial charge in [0.05, 0.1) is 7.11 Å². The van der Waals surface area contributed by atoms with Crippen molar-refractivity contribution in [2.75, 3.05) is 7.11 Å². The van der Waals surface area contributed by atoms with Gasteiger partial charge in [0, 0.05) is 5.39 Å². The molecule has 1 radical (unpaired) electrons. The molecule has 2 rings (SSSR count). The molecular weight excluding hydrogens is 292 g/mol. The molecule has 0 amide bonds. The van der Waals surface area contributed by atoms with Crippen LogP contribution < -0.4 is 4.43 Å². The standard InChI is InChI=1S/C18H23O3Si/c1-18(2,3)13-8-10-14-12(11-13)7-9-15(17(19)20-4)16(14)21-22(5)6/h7-11H,1-6H3. The van der Waals surface area contributed by atoms with Gasteiger partial charge in [-0.15, -0.1) is 0 Å². The van der Waals surface area contributed by atoms with Crippen molar-refractivity contribution in [3.8, 4) is 5.75 Å². The number of esters is 1. The highest BCUT2D eigenvalue weighted by Crippen LogP contribution is 2.34. The Morgan fingerprint density at radius 1 is 1.09 bits per heavy atom. The van der Waals surface area contributed by atoms with Gasteiger partial charge in [0.2, 0.25) is 0 Å². The molecule has 0 fully saturated rings. The monoisotopic (exact) mass is 315 g/mol. The van der Waals surface area contributed by atoms with Crippen LogP contribution in [0.25, 0.3) is 10.8 Å². The number of ether oxygens (including phenoxy) is 1. The number of hydrogen-bond acceptors (Lipinski definition) is 3. The second-order valence-electron chi connectivity index (χ2n) is 6.63. The molecule has 22 heavy (non-hydrogen) atoms. The lowest BCUT2D eigenvalue weighted by Gasteiger charge is -2.21. The number of methoxy groups -OCH3 is 1. The lowest BCUT2D eigenvalue weighted by Crippen LogP contribution is -2.15. The lowest BCUT2D eigenvalue weighted by atomic mass is 9.85. The van der Waals surface area contributed by atoms with Gasteiger partial charge in [-0.3, -0.25) is 0 Å². The summed E-state index contributed by atoms with van der Waals surface area (Å²) in [7, 11) is 0.405. The zero-order chi connectivity index (χ0) is 16.5. The molecule has 117 valence electrons. The van der Waals surface area contributed by atoms with Gasteiger partial charge in [-0.25, -0.2) is 4.79 Å². The number of carbonyl (C=O) groups excluding carboxylic acids is 1. The minimum Gasteiger partial charge on any atom is -0.542 e. The Kier molecular flexibility index (Phi) is 4.61. The van der Waals surface area contributed by atoms with Crippen LogP contribution in [0.1, 0.15) is 36.7 Å². The highest BCUT2D eigenvalue weighted by molar-refractivity contribution is 6.49. The second-order valence-corrected chi connectivity index (χ2v) is 8.65. The molecule has 4 heteroatoms. The molecular formula is C18H23O3Si. The summed E-state index contributed by atoms with van der Waals surface area (Å²) in [5.41, 5.74) is 1.83. The van der Waals surface area contributed by atoms with Gasteiger partial charge in [0.25, 0.3) is 9.04 Å². The molecule has 0 unspecified atom stereocenters. The van der Waals surface area contributed by atoms with E-state index in [-0.39, 0.29) is 11.4 Å². The van der Waals surface area contributed by atoms with Gasteiger partial charge in [-0.05, 0) is 35.5 Å². The fourth-order valence-electron chi connectivity index (χ4n) is 2.35. The van der Waals surface area contributed by atoms with Crippen LogP contribution in [0.4, 0.5) is 0 Å². The molecule has 0 bridgehead atoms. The number of carbonyl (C=O) groups is 1. The highest BCUT2D eigenvalue weighted by atomic mass is 28.3. The Labute approximate surface area is 134 Å². The van der Waals surface area contributed by atoms with E-state index in [1.165, 1.54) is 12.7 Å². The molecule has 0 aliphatic carbocycles. The molecule has 2 aromatic rings. The molecule has 0 aliphatic heterocycles. The molecule has 0 aromatic heterocycles. The van der Waals surface area contributed by atoms with Gasteiger partial charge in [0.15, 0.2) is 0 Å². The maximum atomic E-state index is 12.0. The fraction of sp³-hybridized carbons (Fsp3) is 0.389. The number of fused-ring (bicyclic) bond motifs is 1. The first-order chi connectivity index (χ1) is 10.2. The SMILES string of the molecule is COC(=O)c1ccc2cc(C(C)(C)C)ccc2c1O[Si](C)C. The summed E-state index contributed by atoms with van der Waals surface area (Å²) in [5.74, 6) is 0.281. The van der Waals surface area contributed by atoms with Crippen LogP contribution in [0, 0.1) is 0 Å². The van der Waals surface area contributed by atoms with Crippen molar-refractivity contribution in [3.63, 3.8) is 0 Å². The van der Waals surface area contributed by atoms with Crippen molar-refractivity contribution in [3.05, 3.63) is 41.5 Å². The highest BCUT2D eigenvalue weighted by Gasteiger charge is 2.20. The van der Waals surface area contributed by atoms with Crippen molar-refractivity contribution < 1.29 is 14.0 Å². The van der Waals surface area contributed by atoms with Crippen LogP contribution in [-0.2, 0) is 10.2 Å². The molecule has 0 heterocycles. The Morgan fingerprint density at radius 3 is 2.32 bits per heavy atom. The predicted octanol–water partition coefficient (Wildman–Crippen LogP) is 4.55. The van der Waals surface area contributed by atoms with Crippen molar-refractivity contribution in [1.29, 1.82) is 0 Å². The molecule has 0 N–H and O–H groups in total. The number of rotatable bonds is 3. The first-order valence-electron chi connectivity index (χ1n) is 7.37. The minimum absolute atomic E-state index is 0.0840. The van der Waals surface area contributed by atoms with E-state index >= 15 is 0 Å². The first kappa shape index (κ1) is 16.6. The van der Waals surface area contributed by atoms with Crippen LogP contribution in [-0.4, -0.2) is 22.1 Å². The average Bonchev–Trinajstić information content (AvgIpc) is 2.44. The number of hydrogen-bond donors (Lipinski definition) is 0. The van der Waals surface area contributed by atoms with Crippen molar-refractivity contribution >= 4 is 25.8 Å². The second kappa shape index (κ2) is 6.13. The molecule has 2 aromatic carbocycles. The smallest absolute Gasteiger partial charge is 0.341 e. The summed E-state index contributed by atoms with van der Waals surface area (Å²) in [6, 6.07) is 10.1. The number of benzene rings is 2. The summed E-state index contributed by atoms with van der Waals surface area (Å²) in [6.45, 7) is 10.7. The van der Waals surface area contributed by atoms with E-state index in [0.717, 1.165) is 10.8 Å². The van der Waals surface area contributed by atoms with Gasteiger partial charge in [-0.1, -0.05) is 45.0 Å². The maximum absolute atomic E-state index is 12.0. The average molecular weight is 315 g/mol. The Balaban J connectivity index is 2.68. The van der Waals surface area contributed by atoms with Gasteiger partial charge < -0.3 is 9.16 Å². The van der Waals surface area contributed by atoms with Crippen LogP contribution in [0.3, 0.4) is 0 Å². The van der Waals surface area contributed by atoms with Crippen molar-refractivity contribution in [2.24, 2.45) is 0 Å². The van der Waals surface area contributed by atoms with Gasteiger partial charge >= 0.3 is 5.97 Å². The van der Waals surface area contributed by atoms with E-state index in [1.54, 1.807) is 6.07 Å². The summed E-state index contributed by atoms with van der Waals surface area (Å²) in [4.78, 5) is 12.0. The Bertz CT molecular complexity index is 699. The van der Waals surface area contributed by atoms with Gasteiger partial charge in [-0.2, -0.15) is 0 Å². The third-order valence-corrected chi connectivity index (χ3v) is 4.16. The first-order valence-corrected chi connectivity index (χ1v) is 9.78. The van der Waals surface area contributed by atoms with Crippen LogP contribution in [0.5, 0.6) is 5.75 Å². The third-order valence-electron chi connectivity index (χ3n) is 3.55. The third kappa shape index (κ3) is 3.33. The maximum Gasteiger partial charge on any atom is 0.341 e. The normalized spacial score (nSPS) is 11.8. The van der Waals surface area contributed by atoms with E-state index in [0.29, 0.717) is 11.3 Å². The van der Waals surface area contributed by atoms with E-state index in [2.05, 4.69) is 32.9 Å². The van der Waals surface area contributed by atoms with Crippen LogP contribution >= 0.6 is 0 Å². The molecule has 0 saturated carbocycles. The largest absolute Gasteiger partial charge is 0.542 e. The van der Waals surface area contributed by atoms with Crippen molar-refractivity contribution in [1.82, 2.24) is 0 Å². The summed E-state index contributed by atoms with van der Waals surface area (Å²) >= 11 is 0.